The summed E-state index contributed by atoms with van der Waals surface area (Å²) >= 11 is 12.4. The summed E-state index contributed by atoms with van der Waals surface area (Å²) < 4.78 is 5.79. The maximum atomic E-state index is 13.3. The van der Waals surface area contributed by atoms with E-state index in [1.165, 1.54) is 0 Å². The largest absolute Gasteiger partial charge is 0.494 e. The topological polar surface area (TPSA) is 46.6 Å². The second kappa shape index (κ2) is 8.21. The number of carbonyl (C=O) groups excluding carboxylic acids is 2. The summed E-state index contributed by atoms with van der Waals surface area (Å²) in [6, 6.07) is 12.7. The molecule has 0 saturated heterocycles. The molecule has 2 aromatic rings. The lowest BCUT2D eigenvalue weighted by atomic mass is 9.77. The van der Waals surface area contributed by atoms with Crippen LogP contribution in [0.4, 0.5) is 5.69 Å². The van der Waals surface area contributed by atoms with Crippen LogP contribution in [-0.2, 0) is 9.59 Å². The van der Waals surface area contributed by atoms with Gasteiger partial charge in [-0.05, 0) is 44.0 Å². The quantitative estimate of drug-likeness (QED) is 0.605. The van der Waals surface area contributed by atoms with E-state index in [0.29, 0.717) is 40.8 Å². The third kappa shape index (κ3) is 3.79. The molecule has 0 bridgehead atoms. The molecule has 0 saturated carbocycles. The highest BCUT2D eigenvalue weighted by atomic mass is 35.5. The highest BCUT2D eigenvalue weighted by Crippen LogP contribution is 2.46. The van der Waals surface area contributed by atoms with E-state index >= 15 is 0 Å². The van der Waals surface area contributed by atoms with E-state index in [0.717, 1.165) is 23.4 Å². The summed E-state index contributed by atoms with van der Waals surface area (Å²) in [5.74, 6) is 0.428. The Bertz CT molecular complexity index is 995. The van der Waals surface area contributed by atoms with Crippen LogP contribution in [0, 0.1) is 0 Å². The van der Waals surface area contributed by atoms with Crippen molar-refractivity contribution >= 4 is 40.6 Å². The molecule has 1 aliphatic heterocycles. The van der Waals surface area contributed by atoms with Crippen LogP contribution in [0.3, 0.4) is 0 Å². The zero-order valence-electron chi connectivity index (χ0n) is 16.1. The lowest BCUT2D eigenvalue weighted by Crippen LogP contribution is -2.40. The van der Waals surface area contributed by atoms with Crippen molar-refractivity contribution < 1.29 is 14.3 Å². The van der Waals surface area contributed by atoms with Crippen LogP contribution < -0.4 is 9.64 Å². The Kier molecular flexibility index (Phi) is 5.66. The molecule has 2 aliphatic rings. The fourth-order valence-corrected chi connectivity index (χ4v) is 4.80. The van der Waals surface area contributed by atoms with Gasteiger partial charge in [0.05, 0.1) is 12.3 Å². The number of halogens is 2. The van der Waals surface area contributed by atoms with Crippen LogP contribution in [0.15, 0.2) is 53.7 Å². The Morgan fingerprint density at radius 3 is 2.52 bits per heavy atom. The number of ether oxygens (including phenoxy) is 1. The molecule has 4 rings (SSSR count). The monoisotopic (exact) mass is 429 g/mol. The molecule has 0 aromatic heterocycles. The summed E-state index contributed by atoms with van der Waals surface area (Å²) in [4.78, 5) is 27.9. The molecule has 2 aromatic carbocycles. The molecule has 6 heteroatoms. The summed E-state index contributed by atoms with van der Waals surface area (Å²) in [6.45, 7) is 2.44. The van der Waals surface area contributed by atoms with Gasteiger partial charge in [0, 0.05) is 45.6 Å². The van der Waals surface area contributed by atoms with Crippen molar-refractivity contribution in [3.8, 4) is 5.75 Å². The van der Waals surface area contributed by atoms with E-state index in [1.54, 1.807) is 23.1 Å². The minimum absolute atomic E-state index is 0.0758. The zero-order valence-corrected chi connectivity index (χ0v) is 17.6. The van der Waals surface area contributed by atoms with Gasteiger partial charge in [0.2, 0.25) is 5.91 Å². The van der Waals surface area contributed by atoms with Crippen molar-refractivity contribution in [1.29, 1.82) is 0 Å². The number of amides is 1. The second-order valence-electron chi connectivity index (χ2n) is 7.22. The molecule has 4 nitrogen and oxygen atoms in total. The fraction of sp³-hybridized carbons (Fsp3) is 0.304. The molecular weight excluding hydrogens is 409 g/mol. The summed E-state index contributed by atoms with van der Waals surface area (Å²) in [6.07, 6.45) is 2.06. The molecule has 0 fully saturated rings. The maximum absolute atomic E-state index is 13.3. The molecule has 1 atom stereocenters. The first-order chi connectivity index (χ1) is 14.0. The van der Waals surface area contributed by atoms with Crippen molar-refractivity contribution in [2.45, 2.75) is 38.5 Å². The van der Waals surface area contributed by atoms with E-state index in [9.17, 15) is 9.59 Å². The number of carbonyl (C=O) groups is 2. The van der Waals surface area contributed by atoms with E-state index in [-0.39, 0.29) is 24.0 Å². The van der Waals surface area contributed by atoms with Crippen molar-refractivity contribution in [1.82, 2.24) is 0 Å². The first kappa shape index (κ1) is 20.0. The summed E-state index contributed by atoms with van der Waals surface area (Å²) in [5.41, 5.74) is 2.95. The predicted molar refractivity (Wildman–Crippen MR) is 115 cm³/mol. The minimum atomic E-state index is -0.307. The van der Waals surface area contributed by atoms with Gasteiger partial charge in [0.25, 0.3) is 0 Å². The fourth-order valence-electron chi connectivity index (χ4n) is 4.28. The Morgan fingerprint density at radius 2 is 1.79 bits per heavy atom. The van der Waals surface area contributed by atoms with Gasteiger partial charge < -0.3 is 4.74 Å². The van der Waals surface area contributed by atoms with Crippen LogP contribution in [-0.4, -0.2) is 18.3 Å². The van der Waals surface area contributed by atoms with Crippen molar-refractivity contribution in [2.24, 2.45) is 0 Å². The van der Waals surface area contributed by atoms with Crippen molar-refractivity contribution in [2.75, 3.05) is 11.5 Å². The van der Waals surface area contributed by atoms with Crippen LogP contribution in [0.1, 0.15) is 44.1 Å². The predicted octanol–water partition coefficient (Wildman–Crippen LogP) is 5.92. The molecular formula is C23H21Cl2NO3. The summed E-state index contributed by atoms with van der Waals surface area (Å²) in [7, 11) is 0. The Balaban J connectivity index is 1.88. The van der Waals surface area contributed by atoms with Crippen molar-refractivity contribution in [3.63, 3.8) is 0 Å². The molecule has 29 heavy (non-hydrogen) atoms. The molecule has 1 amide bonds. The van der Waals surface area contributed by atoms with E-state index in [1.807, 2.05) is 31.2 Å². The average Bonchev–Trinajstić information content (AvgIpc) is 2.67. The third-order valence-corrected chi connectivity index (χ3v) is 5.81. The number of ketones is 1. The van der Waals surface area contributed by atoms with E-state index in [4.69, 9.17) is 27.9 Å². The number of hydrogen-bond acceptors (Lipinski definition) is 3. The molecule has 0 radical (unpaired) electrons. The Morgan fingerprint density at radius 1 is 1.07 bits per heavy atom. The number of nitrogens with zero attached hydrogens (tertiary/aromatic N) is 1. The Labute approximate surface area is 180 Å². The number of anilines is 1. The lowest BCUT2D eigenvalue weighted by Gasteiger charge is -2.38. The molecule has 0 N–H and O–H groups in total. The van der Waals surface area contributed by atoms with Gasteiger partial charge in [0.15, 0.2) is 5.78 Å². The standard InChI is InChI=1S/C23H21Cl2NO3/c1-2-29-21-9-4-3-6-17(21)18-13-22(28)26(16-11-14(24)10-15(25)12-16)19-7-5-8-20(27)23(18)19/h3-4,6,9-12,18H,2,5,7-8,13H2,1H3. The highest BCUT2D eigenvalue weighted by Gasteiger charge is 2.40. The number of allylic oxidation sites excluding steroid dienone is 2. The number of hydrogen-bond donors (Lipinski definition) is 0. The normalized spacial score (nSPS) is 19.4. The van der Waals surface area contributed by atoms with Gasteiger partial charge in [0.1, 0.15) is 5.75 Å². The number of para-hydroxylation sites is 1. The maximum Gasteiger partial charge on any atom is 0.232 e. The lowest BCUT2D eigenvalue weighted by molar-refractivity contribution is -0.119. The average molecular weight is 430 g/mol. The van der Waals surface area contributed by atoms with Crippen LogP contribution in [0.5, 0.6) is 5.75 Å². The summed E-state index contributed by atoms with van der Waals surface area (Å²) in [5, 5.41) is 0.904. The van der Waals surface area contributed by atoms with Gasteiger partial charge in [-0.3, -0.25) is 14.5 Å². The van der Waals surface area contributed by atoms with E-state index in [2.05, 4.69) is 0 Å². The number of benzene rings is 2. The number of rotatable bonds is 4. The first-order valence-corrected chi connectivity index (χ1v) is 10.5. The van der Waals surface area contributed by atoms with Crippen LogP contribution >= 0.6 is 23.2 Å². The minimum Gasteiger partial charge on any atom is -0.494 e. The van der Waals surface area contributed by atoms with E-state index < -0.39 is 0 Å². The van der Waals surface area contributed by atoms with Gasteiger partial charge in [-0.1, -0.05) is 41.4 Å². The first-order valence-electron chi connectivity index (χ1n) is 9.76. The van der Waals surface area contributed by atoms with Gasteiger partial charge >= 0.3 is 0 Å². The van der Waals surface area contributed by atoms with Crippen LogP contribution in [0.25, 0.3) is 0 Å². The number of Topliss-reactive ketones (excluding diaryl/α,β-unsaturated/α-hetero) is 1. The molecule has 150 valence electrons. The third-order valence-electron chi connectivity index (χ3n) is 5.38. The highest BCUT2D eigenvalue weighted by molar-refractivity contribution is 6.35. The second-order valence-corrected chi connectivity index (χ2v) is 8.09. The molecule has 1 heterocycles. The van der Waals surface area contributed by atoms with Gasteiger partial charge in [-0.15, -0.1) is 0 Å². The molecule has 0 spiro atoms. The molecule has 1 unspecified atom stereocenters. The Hall–Kier alpha value is -2.30. The zero-order chi connectivity index (χ0) is 20.5. The molecule has 1 aliphatic carbocycles. The van der Waals surface area contributed by atoms with Gasteiger partial charge in [-0.2, -0.15) is 0 Å². The van der Waals surface area contributed by atoms with Crippen molar-refractivity contribution in [3.05, 3.63) is 69.3 Å². The smallest absolute Gasteiger partial charge is 0.232 e. The van der Waals surface area contributed by atoms with Gasteiger partial charge in [-0.25, -0.2) is 0 Å². The van der Waals surface area contributed by atoms with Crippen LogP contribution in [0.2, 0.25) is 10.0 Å². The SMILES string of the molecule is CCOc1ccccc1C1CC(=O)N(c2cc(Cl)cc(Cl)c2)C2=C1C(=O)CCC2.